The fourth-order valence-electron chi connectivity index (χ4n) is 2.28. The average Bonchev–Trinajstić information content (AvgIpc) is 2.47. The van der Waals surface area contributed by atoms with Crippen LogP contribution in [0.15, 0.2) is 47.4 Å². The molecule has 2 aromatic rings. The van der Waals surface area contributed by atoms with Crippen molar-refractivity contribution >= 4 is 39.0 Å². The number of benzene rings is 2. The van der Waals surface area contributed by atoms with E-state index in [0.717, 1.165) is 4.90 Å². The number of carbonyl (C=O) groups excluding carboxylic acids is 1. The molecule has 0 fully saturated rings. The van der Waals surface area contributed by atoms with Gasteiger partial charge in [-0.25, -0.2) is 13.2 Å². The summed E-state index contributed by atoms with van der Waals surface area (Å²) in [5, 5.41) is 9.67. The number of amides is 2. The van der Waals surface area contributed by atoms with Gasteiger partial charge in [-0.3, -0.25) is 4.90 Å². The van der Waals surface area contributed by atoms with E-state index in [9.17, 15) is 18.3 Å². The Kier molecular flexibility index (Phi) is 3.26. The van der Waals surface area contributed by atoms with Crippen molar-refractivity contribution in [2.45, 2.75) is 4.90 Å². The number of urea groups is 1. The molecule has 0 aliphatic carbocycles. The lowest BCUT2D eigenvalue weighted by Gasteiger charge is -2.34. The van der Waals surface area contributed by atoms with Crippen LogP contribution in [-0.4, -0.2) is 26.6 Å². The Labute approximate surface area is 132 Å². The lowest BCUT2D eigenvalue weighted by atomic mass is 10.2. The lowest BCUT2D eigenvalue weighted by molar-refractivity contribution is 0.255. The van der Waals surface area contributed by atoms with Crippen LogP contribution >= 0.6 is 11.6 Å². The molecule has 22 heavy (non-hydrogen) atoms. The van der Waals surface area contributed by atoms with Crippen LogP contribution < -0.4 is 9.21 Å². The monoisotopic (exact) mass is 338 g/mol. The first-order valence-corrected chi connectivity index (χ1v) is 8.06. The van der Waals surface area contributed by atoms with Crippen molar-refractivity contribution in [3.8, 4) is 5.75 Å². The molecule has 8 heteroatoms. The van der Waals surface area contributed by atoms with Crippen molar-refractivity contribution in [1.82, 2.24) is 0 Å². The molecule has 1 aliphatic heterocycles. The first kappa shape index (κ1) is 14.7. The number of hydrogen-bond donors (Lipinski definition) is 1. The van der Waals surface area contributed by atoms with Gasteiger partial charge in [0.2, 0.25) is 0 Å². The first-order valence-electron chi connectivity index (χ1n) is 6.24. The maximum absolute atomic E-state index is 12.8. The fraction of sp³-hybridized carbons (Fsp3) is 0.0714. The van der Waals surface area contributed by atoms with E-state index in [1.165, 1.54) is 37.4 Å². The molecule has 0 atom stereocenters. The summed E-state index contributed by atoms with van der Waals surface area (Å²) in [5.74, 6) is -0.125. The van der Waals surface area contributed by atoms with Gasteiger partial charge in [-0.2, -0.15) is 4.31 Å². The minimum atomic E-state index is -4.11. The van der Waals surface area contributed by atoms with Gasteiger partial charge in [-0.1, -0.05) is 23.7 Å². The van der Waals surface area contributed by atoms with E-state index in [1.54, 1.807) is 12.1 Å². The SMILES string of the molecule is CN1C(=O)N(c2ccccc2Cl)S(=O)(=O)c2ccc(O)cc21. The summed E-state index contributed by atoms with van der Waals surface area (Å²) in [5.41, 5.74) is 0.202. The van der Waals surface area contributed by atoms with Gasteiger partial charge < -0.3 is 5.11 Å². The van der Waals surface area contributed by atoms with Gasteiger partial charge in [0, 0.05) is 13.1 Å². The molecule has 2 amide bonds. The minimum absolute atomic E-state index is 0.0766. The molecule has 0 unspecified atom stereocenters. The van der Waals surface area contributed by atoms with Crippen molar-refractivity contribution < 1.29 is 18.3 Å². The summed E-state index contributed by atoms with van der Waals surface area (Å²) in [7, 11) is -2.68. The number of nitrogens with zero attached hydrogens (tertiary/aromatic N) is 2. The molecule has 0 aromatic heterocycles. The second-order valence-corrected chi connectivity index (χ2v) is 6.88. The van der Waals surface area contributed by atoms with E-state index in [4.69, 9.17) is 11.6 Å². The summed E-state index contributed by atoms with van der Waals surface area (Å²) in [4.78, 5) is 13.6. The average molecular weight is 339 g/mol. The molecule has 0 spiro atoms. The first-order chi connectivity index (χ1) is 10.3. The van der Waals surface area contributed by atoms with E-state index in [1.807, 2.05) is 0 Å². The van der Waals surface area contributed by atoms with Gasteiger partial charge in [0.1, 0.15) is 10.6 Å². The third-order valence-corrected chi connectivity index (χ3v) is 5.41. The van der Waals surface area contributed by atoms with Gasteiger partial charge in [0.05, 0.1) is 16.4 Å². The highest BCUT2D eigenvalue weighted by Crippen LogP contribution is 2.40. The predicted molar refractivity (Wildman–Crippen MR) is 83.0 cm³/mol. The topological polar surface area (TPSA) is 77.9 Å². The van der Waals surface area contributed by atoms with Crippen molar-refractivity contribution in [2.24, 2.45) is 0 Å². The number of phenolic OH excluding ortho intramolecular Hbond substituents is 1. The Bertz CT molecular complexity index is 882. The fourth-order valence-corrected chi connectivity index (χ4v) is 4.19. The molecule has 1 aliphatic rings. The van der Waals surface area contributed by atoms with Gasteiger partial charge in [0.15, 0.2) is 0 Å². The summed E-state index contributed by atoms with van der Waals surface area (Å²) < 4.78 is 26.2. The third-order valence-electron chi connectivity index (χ3n) is 3.35. The Hall–Kier alpha value is -2.25. The van der Waals surface area contributed by atoms with Crippen molar-refractivity contribution in [2.75, 3.05) is 16.3 Å². The quantitative estimate of drug-likeness (QED) is 0.867. The Balaban J connectivity index is 2.29. The molecule has 1 heterocycles. The summed E-state index contributed by atoms with van der Waals surface area (Å²) >= 11 is 6.03. The smallest absolute Gasteiger partial charge is 0.343 e. The molecule has 2 aromatic carbocycles. The number of hydrogen-bond acceptors (Lipinski definition) is 4. The van der Waals surface area contributed by atoms with Gasteiger partial charge >= 0.3 is 6.03 Å². The maximum Gasteiger partial charge on any atom is 0.343 e. The maximum atomic E-state index is 12.8. The molecular formula is C14H11ClN2O4S. The minimum Gasteiger partial charge on any atom is -0.508 e. The molecule has 0 saturated carbocycles. The number of halogens is 1. The number of para-hydroxylation sites is 1. The molecule has 0 bridgehead atoms. The molecule has 1 N–H and O–H groups in total. The normalized spacial score (nSPS) is 16.5. The van der Waals surface area contributed by atoms with Gasteiger partial charge in [-0.15, -0.1) is 0 Å². The number of sulfonamides is 1. The van der Waals surface area contributed by atoms with Crippen LogP contribution in [0.1, 0.15) is 0 Å². The van der Waals surface area contributed by atoms with Crippen LogP contribution in [0.4, 0.5) is 16.2 Å². The molecular weight excluding hydrogens is 328 g/mol. The van der Waals surface area contributed by atoms with Crippen LogP contribution in [0.3, 0.4) is 0 Å². The van der Waals surface area contributed by atoms with E-state index < -0.39 is 16.1 Å². The van der Waals surface area contributed by atoms with Crippen LogP contribution in [0.25, 0.3) is 0 Å². The molecule has 0 radical (unpaired) electrons. The van der Waals surface area contributed by atoms with Crippen LogP contribution in [-0.2, 0) is 10.0 Å². The number of carbonyl (C=O) groups is 1. The van der Waals surface area contributed by atoms with Crippen molar-refractivity contribution in [3.63, 3.8) is 0 Å². The zero-order valence-corrected chi connectivity index (χ0v) is 13.0. The standard InChI is InChI=1S/C14H11ClN2O4S/c1-16-12-8-9(18)6-7-13(12)22(20,21)17(14(16)19)11-5-3-2-4-10(11)15/h2-8,18H,1H3. The van der Waals surface area contributed by atoms with E-state index >= 15 is 0 Å². The zero-order valence-electron chi connectivity index (χ0n) is 11.4. The highest BCUT2D eigenvalue weighted by atomic mass is 35.5. The van der Waals surface area contributed by atoms with Crippen molar-refractivity contribution in [3.05, 3.63) is 47.5 Å². The van der Waals surface area contributed by atoms with E-state index in [0.29, 0.717) is 4.31 Å². The lowest BCUT2D eigenvalue weighted by Crippen LogP contribution is -2.49. The van der Waals surface area contributed by atoms with Gasteiger partial charge in [0.25, 0.3) is 10.0 Å². The highest BCUT2D eigenvalue weighted by molar-refractivity contribution is 7.94. The second kappa shape index (κ2) is 4.89. The largest absolute Gasteiger partial charge is 0.508 e. The summed E-state index contributed by atoms with van der Waals surface area (Å²) in [6, 6.07) is 9.17. The summed E-state index contributed by atoms with van der Waals surface area (Å²) in [6.45, 7) is 0. The molecule has 6 nitrogen and oxygen atoms in total. The second-order valence-electron chi connectivity index (χ2n) is 4.71. The van der Waals surface area contributed by atoms with Crippen molar-refractivity contribution in [1.29, 1.82) is 0 Å². The highest BCUT2D eigenvalue weighted by Gasteiger charge is 2.41. The Morgan fingerprint density at radius 2 is 1.77 bits per heavy atom. The van der Waals surface area contributed by atoms with E-state index in [2.05, 4.69) is 0 Å². The number of phenols is 1. The third kappa shape index (κ3) is 2.01. The van der Waals surface area contributed by atoms with Crippen LogP contribution in [0.2, 0.25) is 5.02 Å². The number of rotatable bonds is 1. The molecule has 0 saturated heterocycles. The van der Waals surface area contributed by atoms with Gasteiger partial charge in [-0.05, 0) is 24.3 Å². The summed E-state index contributed by atoms with van der Waals surface area (Å²) in [6.07, 6.45) is 0. The Morgan fingerprint density at radius 1 is 1.09 bits per heavy atom. The Morgan fingerprint density at radius 3 is 2.45 bits per heavy atom. The molecule has 114 valence electrons. The van der Waals surface area contributed by atoms with E-state index in [-0.39, 0.29) is 27.0 Å². The number of anilines is 2. The number of fused-ring (bicyclic) bond motifs is 1. The van der Waals surface area contributed by atoms with Crippen LogP contribution in [0, 0.1) is 0 Å². The predicted octanol–water partition coefficient (Wildman–Crippen LogP) is 2.81. The number of aromatic hydroxyl groups is 1. The van der Waals surface area contributed by atoms with Crippen LogP contribution in [0.5, 0.6) is 5.75 Å². The molecule has 3 rings (SSSR count). The zero-order chi connectivity index (χ0) is 16.1.